The lowest BCUT2D eigenvalue weighted by Crippen LogP contribution is -2.07. The van der Waals surface area contributed by atoms with E-state index in [2.05, 4.69) is 41.8 Å². The van der Waals surface area contributed by atoms with Gasteiger partial charge in [0.05, 0.1) is 29.5 Å². The number of anilines is 2. The zero-order valence-corrected chi connectivity index (χ0v) is 18.5. The molecule has 0 amide bonds. The smallest absolute Gasteiger partial charge is 0.180 e. The third-order valence-corrected chi connectivity index (χ3v) is 6.29. The molecule has 31 heavy (non-hydrogen) atoms. The third-order valence-electron chi connectivity index (χ3n) is 5.57. The summed E-state index contributed by atoms with van der Waals surface area (Å²) in [6, 6.07) is 2.14. The fraction of sp³-hybridized carbons (Fsp3) is 0.429. The van der Waals surface area contributed by atoms with E-state index < -0.39 is 0 Å². The first-order chi connectivity index (χ1) is 15.2. The van der Waals surface area contributed by atoms with Gasteiger partial charge < -0.3 is 15.4 Å². The number of methoxy groups -OCH3 is 1. The van der Waals surface area contributed by atoms with Crippen molar-refractivity contribution in [2.24, 2.45) is 7.05 Å². The molecule has 162 valence electrons. The van der Waals surface area contributed by atoms with E-state index in [9.17, 15) is 0 Å². The Kier molecular flexibility index (Phi) is 5.66. The topological polar surface area (TPSA) is 94.2 Å². The number of nitrogens with one attached hydrogen (secondary N) is 2. The number of nitrogens with zero attached hydrogens (tertiary/aromatic N) is 6. The van der Waals surface area contributed by atoms with Gasteiger partial charge in [0.1, 0.15) is 5.00 Å². The first-order valence-electron chi connectivity index (χ1n) is 10.5. The fourth-order valence-corrected chi connectivity index (χ4v) is 4.69. The lowest BCUT2D eigenvalue weighted by atomic mass is 10.1. The van der Waals surface area contributed by atoms with Gasteiger partial charge in [0.25, 0.3) is 0 Å². The van der Waals surface area contributed by atoms with Gasteiger partial charge in [-0.2, -0.15) is 9.47 Å². The van der Waals surface area contributed by atoms with Crippen molar-refractivity contribution < 1.29 is 4.74 Å². The summed E-state index contributed by atoms with van der Waals surface area (Å²) >= 11 is 1.47. The molecule has 1 atom stereocenters. The molecular weight excluding hydrogens is 412 g/mol. The molecule has 4 aromatic rings. The van der Waals surface area contributed by atoms with Crippen LogP contribution < -0.4 is 10.6 Å². The Bertz CT molecular complexity index is 1170. The highest BCUT2D eigenvalue weighted by Crippen LogP contribution is 2.31. The van der Waals surface area contributed by atoms with Crippen molar-refractivity contribution in [3.8, 4) is 11.3 Å². The second-order valence-corrected chi connectivity index (χ2v) is 8.65. The first-order valence-corrected chi connectivity index (χ1v) is 11.3. The molecule has 0 aliphatic carbocycles. The Morgan fingerprint density at radius 3 is 3.03 bits per heavy atom. The molecule has 0 radical (unpaired) electrons. The van der Waals surface area contributed by atoms with E-state index in [1.807, 2.05) is 25.6 Å². The summed E-state index contributed by atoms with van der Waals surface area (Å²) < 4.78 is 13.8. The van der Waals surface area contributed by atoms with E-state index in [0.29, 0.717) is 12.5 Å². The minimum Gasteiger partial charge on any atom is -0.385 e. The summed E-state index contributed by atoms with van der Waals surface area (Å²) in [6.07, 6.45) is 10.7. The van der Waals surface area contributed by atoms with Crippen molar-refractivity contribution >= 4 is 28.0 Å². The lowest BCUT2D eigenvalue weighted by Gasteiger charge is -2.09. The molecule has 0 saturated carbocycles. The second kappa shape index (κ2) is 8.74. The summed E-state index contributed by atoms with van der Waals surface area (Å²) in [5, 5.41) is 12.2. The maximum atomic E-state index is 5.22. The maximum Gasteiger partial charge on any atom is 0.180 e. The van der Waals surface area contributed by atoms with Gasteiger partial charge in [0.2, 0.25) is 0 Å². The van der Waals surface area contributed by atoms with E-state index in [-0.39, 0.29) is 0 Å². The quantitative estimate of drug-likeness (QED) is 0.409. The predicted octanol–water partition coefficient (Wildman–Crippen LogP) is 2.99. The highest BCUT2D eigenvalue weighted by atomic mass is 32.1. The number of rotatable bonds is 8. The molecule has 4 aromatic heterocycles. The van der Waals surface area contributed by atoms with Crippen LogP contribution in [0.15, 0.2) is 30.9 Å². The molecule has 1 saturated heterocycles. The number of aryl methyl sites for hydroxylation is 2. The molecule has 1 aliphatic rings. The van der Waals surface area contributed by atoms with Crippen molar-refractivity contribution in [2.75, 3.05) is 32.1 Å². The Labute approximate surface area is 184 Å². The van der Waals surface area contributed by atoms with Gasteiger partial charge in [0, 0.05) is 51.2 Å². The Morgan fingerprint density at radius 1 is 1.32 bits per heavy atom. The number of imidazole rings is 1. The number of hydrogen-bond donors (Lipinski definition) is 2. The van der Waals surface area contributed by atoms with Gasteiger partial charge in [-0.15, -0.1) is 0 Å². The van der Waals surface area contributed by atoms with Crippen LogP contribution in [0.2, 0.25) is 0 Å². The molecule has 0 aromatic carbocycles. The van der Waals surface area contributed by atoms with Crippen molar-refractivity contribution in [1.29, 1.82) is 0 Å². The van der Waals surface area contributed by atoms with Crippen LogP contribution in [0.5, 0.6) is 0 Å². The van der Waals surface area contributed by atoms with Crippen molar-refractivity contribution in [2.45, 2.75) is 25.2 Å². The van der Waals surface area contributed by atoms with Gasteiger partial charge >= 0.3 is 0 Å². The largest absolute Gasteiger partial charge is 0.385 e. The van der Waals surface area contributed by atoms with Crippen LogP contribution in [0.1, 0.15) is 30.1 Å². The predicted molar refractivity (Wildman–Crippen MR) is 121 cm³/mol. The average Bonchev–Trinajstić information content (AvgIpc) is 3.55. The van der Waals surface area contributed by atoms with Crippen LogP contribution in [0, 0.1) is 0 Å². The second-order valence-electron chi connectivity index (χ2n) is 7.85. The van der Waals surface area contributed by atoms with Crippen molar-refractivity contribution in [3.05, 3.63) is 42.2 Å². The van der Waals surface area contributed by atoms with Gasteiger partial charge in [-0.1, -0.05) is 0 Å². The number of fused-ring (bicyclic) bond motifs is 1. The van der Waals surface area contributed by atoms with Gasteiger partial charge in [-0.25, -0.2) is 9.97 Å². The minimum absolute atomic E-state index is 0.490. The normalized spacial score (nSPS) is 16.4. The van der Waals surface area contributed by atoms with Crippen molar-refractivity contribution in [3.63, 3.8) is 0 Å². The molecular formula is C21H26N8OS. The highest BCUT2D eigenvalue weighted by molar-refractivity contribution is 7.10. The van der Waals surface area contributed by atoms with E-state index in [1.54, 1.807) is 11.8 Å². The highest BCUT2D eigenvalue weighted by Gasteiger charge is 2.20. The SMILES string of the molecule is COCCCc1cn2c(-c3cnn(C)c3)cnc2c(Nc2cc(C3CCNC3)ns2)n1. The maximum absolute atomic E-state index is 5.22. The molecule has 10 heteroatoms. The van der Waals surface area contributed by atoms with E-state index in [4.69, 9.17) is 9.72 Å². The summed E-state index contributed by atoms with van der Waals surface area (Å²) in [7, 11) is 3.64. The van der Waals surface area contributed by atoms with Gasteiger partial charge in [0.15, 0.2) is 11.5 Å². The molecule has 5 heterocycles. The first kappa shape index (κ1) is 20.1. The van der Waals surface area contributed by atoms with Crippen LogP contribution >= 0.6 is 11.5 Å². The molecule has 0 bridgehead atoms. The van der Waals surface area contributed by atoms with Gasteiger partial charge in [-0.05, 0) is 43.4 Å². The van der Waals surface area contributed by atoms with E-state index >= 15 is 0 Å². The van der Waals surface area contributed by atoms with E-state index in [1.165, 1.54) is 11.5 Å². The molecule has 1 aliphatic heterocycles. The van der Waals surface area contributed by atoms with Crippen LogP contribution in [0.25, 0.3) is 16.9 Å². The number of hydrogen-bond acceptors (Lipinski definition) is 8. The molecule has 5 rings (SSSR count). The number of aromatic nitrogens is 6. The standard InChI is InChI=1S/C21H26N8OS/c1-28-12-15(10-24-28)18-11-23-21-20(25-16(13-29(18)21)4-3-7-30-2)26-19-8-17(27-31-19)14-5-6-22-9-14/h8,10-14,22H,3-7,9H2,1-2H3,(H,25,26). The number of ether oxygens (including phenoxy) is 1. The lowest BCUT2D eigenvalue weighted by molar-refractivity contribution is 0.195. The summed E-state index contributed by atoms with van der Waals surface area (Å²) in [4.78, 5) is 9.56. The monoisotopic (exact) mass is 438 g/mol. The fourth-order valence-electron chi connectivity index (χ4n) is 3.97. The zero-order chi connectivity index (χ0) is 21.2. The summed E-state index contributed by atoms with van der Waals surface area (Å²) in [5.74, 6) is 1.23. The minimum atomic E-state index is 0.490. The summed E-state index contributed by atoms with van der Waals surface area (Å²) in [6.45, 7) is 2.76. The molecule has 2 N–H and O–H groups in total. The average molecular weight is 439 g/mol. The van der Waals surface area contributed by atoms with Crippen LogP contribution in [-0.2, 0) is 18.2 Å². The van der Waals surface area contributed by atoms with Crippen LogP contribution in [0.4, 0.5) is 10.8 Å². The zero-order valence-electron chi connectivity index (χ0n) is 17.7. The van der Waals surface area contributed by atoms with Crippen LogP contribution in [-0.4, -0.2) is 55.3 Å². The molecule has 0 spiro atoms. The van der Waals surface area contributed by atoms with E-state index in [0.717, 1.165) is 71.5 Å². The van der Waals surface area contributed by atoms with Crippen LogP contribution in [0.3, 0.4) is 0 Å². The molecule has 9 nitrogen and oxygen atoms in total. The van der Waals surface area contributed by atoms with Crippen molar-refractivity contribution in [1.82, 2.24) is 33.8 Å². The Balaban J connectivity index is 1.50. The summed E-state index contributed by atoms with van der Waals surface area (Å²) in [5.41, 5.74) is 4.92. The molecule has 1 fully saturated rings. The third kappa shape index (κ3) is 4.18. The Morgan fingerprint density at radius 2 is 2.26 bits per heavy atom. The Hall–Kier alpha value is -2.82. The van der Waals surface area contributed by atoms with Gasteiger partial charge in [-0.3, -0.25) is 9.08 Å². The molecule has 1 unspecified atom stereocenters.